The standard InChI is InChI=1S/3C4H9.Cu.Li.Sn.2H/c3*1-3-4-2;;;;;/h3*1,3-4H2,2H3;;;;;. The van der Waals surface area contributed by atoms with Crippen LogP contribution in [0.25, 0.3) is 0 Å². The molecular formula is C12H29CuLiSn. The van der Waals surface area contributed by atoms with Crippen LogP contribution < -0.4 is 0 Å². The van der Waals surface area contributed by atoms with Gasteiger partial charge in [0, 0.05) is 17.1 Å². The van der Waals surface area contributed by atoms with Gasteiger partial charge in [0.25, 0.3) is 0 Å². The van der Waals surface area contributed by atoms with E-state index >= 15 is 0 Å². The van der Waals surface area contributed by atoms with Gasteiger partial charge in [-0.2, -0.15) is 0 Å². The van der Waals surface area contributed by atoms with Gasteiger partial charge in [0.15, 0.2) is 0 Å². The molecule has 93 valence electrons. The van der Waals surface area contributed by atoms with Crippen molar-refractivity contribution in [2.24, 2.45) is 0 Å². The first-order valence-corrected chi connectivity index (χ1v) is 13.3. The maximum atomic E-state index is 2.34. The van der Waals surface area contributed by atoms with Crippen molar-refractivity contribution >= 4 is 38.6 Å². The van der Waals surface area contributed by atoms with Gasteiger partial charge in [-0.1, -0.05) is 0 Å². The normalized spacial score (nSPS) is 9.60. The van der Waals surface area contributed by atoms with Crippen LogP contribution in [0.1, 0.15) is 59.3 Å². The second-order valence-electron chi connectivity index (χ2n) is 4.29. The summed E-state index contributed by atoms with van der Waals surface area (Å²) >= 11 is -0.967. The Bertz CT molecular complexity index is 82.6. The summed E-state index contributed by atoms with van der Waals surface area (Å²) in [6, 6.07) is 0. The van der Waals surface area contributed by atoms with Gasteiger partial charge in [-0.3, -0.25) is 0 Å². The second kappa shape index (κ2) is 18.3. The Morgan fingerprint density at radius 3 is 1.13 bits per heavy atom. The molecule has 3 heteroatoms. The summed E-state index contributed by atoms with van der Waals surface area (Å²) < 4.78 is 5.08. The Morgan fingerprint density at radius 1 is 0.667 bits per heavy atom. The van der Waals surface area contributed by atoms with E-state index in [1.54, 1.807) is 13.3 Å². The molecule has 0 aromatic heterocycles. The molecule has 0 rings (SSSR count). The van der Waals surface area contributed by atoms with Gasteiger partial charge in [0.05, 0.1) is 0 Å². The van der Waals surface area contributed by atoms with Gasteiger partial charge < -0.3 is 0 Å². The van der Waals surface area contributed by atoms with Crippen molar-refractivity contribution in [3.8, 4) is 0 Å². The third kappa shape index (κ3) is 15.9. The van der Waals surface area contributed by atoms with Crippen LogP contribution in [0.3, 0.4) is 0 Å². The van der Waals surface area contributed by atoms with Crippen LogP contribution in [-0.2, 0) is 17.1 Å². The molecule has 0 nitrogen and oxygen atoms in total. The van der Waals surface area contributed by atoms with Crippen LogP contribution in [0, 0.1) is 0 Å². The van der Waals surface area contributed by atoms with Crippen LogP contribution in [0.5, 0.6) is 0 Å². The van der Waals surface area contributed by atoms with Crippen LogP contribution in [0.15, 0.2) is 0 Å². The first-order chi connectivity index (χ1) is 6.35. The third-order valence-electron chi connectivity index (χ3n) is 2.90. The molecule has 0 aliphatic carbocycles. The van der Waals surface area contributed by atoms with Crippen molar-refractivity contribution in [1.82, 2.24) is 0 Å². The predicted molar refractivity (Wildman–Crippen MR) is 73.4 cm³/mol. The minimum absolute atomic E-state index is 0. The molecule has 15 heavy (non-hydrogen) atoms. The molecule has 0 bridgehead atoms. The fourth-order valence-electron chi connectivity index (χ4n) is 1.91. The Morgan fingerprint density at radius 2 is 0.933 bits per heavy atom. The first-order valence-electron chi connectivity index (χ1n) is 6.35. The zero-order chi connectivity index (χ0) is 9.94. The molecule has 0 aliphatic rings. The molecule has 0 spiro atoms. The van der Waals surface area contributed by atoms with Gasteiger partial charge in [0.1, 0.15) is 0 Å². The van der Waals surface area contributed by atoms with E-state index in [-0.39, 0.29) is 35.9 Å². The quantitative estimate of drug-likeness (QED) is 0.545. The molecule has 0 saturated carbocycles. The van der Waals surface area contributed by atoms with E-state index in [4.69, 9.17) is 0 Å². The van der Waals surface area contributed by atoms with Crippen LogP contribution in [0.4, 0.5) is 0 Å². The summed E-state index contributed by atoms with van der Waals surface area (Å²) in [6.07, 6.45) is 8.87. The van der Waals surface area contributed by atoms with Crippen molar-refractivity contribution in [2.45, 2.75) is 72.6 Å². The van der Waals surface area contributed by atoms with Crippen LogP contribution in [-0.4, -0.2) is 38.6 Å². The summed E-state index contributed by atoms with van der Waals surface area (Å²) in [7, 11) is 0. The molecule has 0 heterocycles. The average Bonchev–Trinajstić information content (AvgIpc) is 2.17. The topological polar surface area (TPSA) is 0 Å². The van der Waals surface area contributed by atoms with E-state index in [0.717, 1.165) is 0 Å². The summed E-state index contributed by atoms with van der Waals surface area (Å²) in [6.45, 7) is 7.01. The van der Waals surface area contributed by atoms with E-state index < -0.39 is 19.8 Å². The maximum absolute atomic E-state index is 2.34. The molecule has 0 fully saturated rings. The van der Waals surface area contributed by atoms with Crippen molar-refractivity contribution in [1.29, 1.82) is 0 Å². The van der Waals surface area contributed by atoms with Gasteiger partial charge in [0.2, 0.25) is 0 Å². The van der Waals surface area contributed by atoms with Gasteiger partial charge >= 0.3 is 111 Å². The fraction of sp³-hybridized carbons (Fsp3) is 1.00. The second-order valence-corrected chi connectivity index (χ2v) is 14.2. The van der Waals surface area contributed by atoms with E-state index in [1.807, 2.05) is 0 Å². The average molecular weight is 363 g/mol. The Hall–Kier alpha value is 1.92. The fourth-order valence-corrected chi connectivity index (χ4v) is 12.8. The van der Waals surface area contributed by atoms with Gasteiger partial charge in [-0.15, -0.1) is 0 Å². The van der Waals surface area contributed by atoms with Crippen molar-refractivity contribution in [2.75, 3.05) is 0 Å². The SMILES string of the molecule is CCC[CH2][SnH]([CH2]CCC)[CH2]CCC.[Cu].[LiH]. The molecule has 0 unspecified atom stereocenters. The predicted octanol–water partition coefficient (Wildman–Crippen LogP) is 3.96. The molecule has 1 radical (unpaired) electrons. The van der Waals surface area contributed by atoms with Gasteiger partial charge in [-0.25, -0.2) is 0 Å². The number of hydrogen-bond acceptors (Lipinski definition) is 0. The summed E-state index contributed by atoms with van der Waals surface area (Å²) in [4.78, 5) is 0. The molecular weight excluding hydrogens is 333 g/mol. The molecule has 0 aromatic rings. The van der Waals surface area contributed by atoms with Crippen molar-refractivity contribution in [3.05, 3.63) is 0 Å². The van der Waals surface area contributed by atoms with Gasteiger partial charge in [-0.05, 0) is 0 Å². The molecule has 0 atom stereocenters. The molecule has 0 saturated heterocycles. The minimum atomic E-state index is -0.967. The van der Waals surface area contributed by atoms with Crippen molar-refractivity contribution in [3.63, 3.8) is 0 Å². The summed E-state index contributed by atoms with van der Waals surface area (Å²) in [5.74, 6) is 0. The van der Waals surface area contributed by atoms with Crippen LogP contribution in [0.2, 0.25) is 13.3 Å². The van der Waals surface area contributed by atoms with Crippen molar-refractivity contribution < 1.29 is 17.1 Å². The summed E-state index contributed by atoms with van der Waals surface area (Å²) in [5, 5.41) is 0. The van der Waals surface area contributed by atoms with E-state index in [9.17, 15) is 0 Å². The van der Waals surface area contributed by atoms with E-state index in [2.05, 4.69) is 20.8 Å². The first kappa shape index (κ1) is 22.1. The summed E-state index contributed by atoms with van der Waals surface area (Å²) in [5.41, 5.74) is 0. The Labute approximate surface area is 127 Å². The third-order valence-corrected chi connectivity index (χ3v) is 13.4. The van der Waals surface area contributed by atoms with E-state index in [1.165, 1.54) is 38.5 Å². The Kier molecular flexibility index (Phi) is 27.0. The number of hydrogen-bond donors (Lipinski definition) is 0. The number of unbranched alkanes of at least 4 members (excludes halogenated alkanes) is 3. The van der Waals surface area contributed by atoms with Crippen LogP contribution >= 0.6 is 0 Å². The number of rotatable bonds is 9. The zero-order valence-electron chi connectivity index (χ0n) is 10.2. The molecule has 0 aliphatic heterocycles. The van der Waals surface area contributed by atoms with E-state index in [0.29, 0.717) is 0 Å². The Balaban J connectivity index is -0.000000720. The molecule has 0 amide bonds. The molecule has 0 aromatic carbocycles. The molecule has 0 N–H and O–H groups in total. The zero-order valence-corrected chi connectivity index (χ0v) is 14.5. The monoisotopic (exact) mass is 363 g/mol.